The molecule has 4 heteroatoms. The first-order valence-corrected chi connectivity index (χ1v) is 6.03. The zero-order chi connectivity index (χ0) is 11.5. The summed E-state index contributed by atoms with van der Waals surface area (Å²) >= 11 is 0. The highest BCUT2D eigenvalue weighted by atomic mass is 16.5. The number of nitrogens with zero attached hydrogens (tertiary/aromatic N) is 2. The topological polar surface area (TPSA) is 36.2 Å². The quantitative estimate of drug-likeness (QED) is 0.689. The molecule has 0 bridgehead atoms. The third-order valence-corrected chi connectivity index (χ3v) is 2.74. The normalized spacial score (nSPS) is 15.9. The van der Waals surface area contributed by atoms with Gasteiger partial charge in [-0.15, -0.1) is 0 Å². The van der Waals surface area contributed by atoms with Crippen LogP contribution in [0.4, 0.5) is 0 Å². The molecular formula is C12H20N2O2. The van der Waals surface area contributed by atoms with E-state index in [1.54, 1.807) is 4.57 Å². The smallest absolute Gasteiger partial charge is 0.328 e. The van der Waals surface area contributed by atoms with Crippen LogP contribution in [0, 0.1) is 5.92 Å². The van der Waals surface area contributed by atoms with Crippen molar-refractivity contribution in [1.29, 1.82) is 0 Å². The average molecular weight is 224 g/mol. The van der Waals surface area contributed by atoms with Crippen molar-refractivity contribution in [1.82, 2.24) is 9.13 Å². The summed E-state index contributed by atoms with van der Waals surface area (Å²) in [5.74, 6) is 0.549. The number of imidazole rings is 1. The summed E-state index contributed by atoms with van der Waals surface area (Å²) in [7, 11) is 0. The number of ether oxygens (including phenoxy) is 1. The van der Waals surface area contributed by atoms with Gasteiger partial charge in [0.1, 0.15) is 0 Å². The highest BCUT2D eigenvalue weighted by Crippen LogP contribution is 2.33. The van der Waals surface area contributed by atoms with Crippen LogP contribution in [0.3, 0.4) is 0 Å². The maximum atomic E-state index is 11.8. The molecule has 2 rings (SSSR count). The Bertz CT molecular complexity index is 388. The van der Waals surface area contributed by atoms with Crippen LogP contribution in [0.5, 0.6) is 0 Å². The Balaban J connectivity index is 1.83. The van der Waals surface area contributed by atoms with Crippen LogP contribution in [0.15, 0.2) is 17.2 Å². The number of hydrogen-bond acceptors (Lipinski definition) is 2. The minimum Gasteiger partial charge on any atom is -0.379 e. The molecule has 0 saturated heterocycles. The van der Waals surface area contributed by atoms with E-state index in [2.05, 4.69) is 13.8 Å². The van der Waals surface area contributed by atoms with E-state index in [4.69, 9.17) is 4.74 Å². The lowest BCUT2D eigenvalue weighted by Crippen LogP contribution is -2.25. The van der Waals surface area contributed by atoms with Crippen molar-refractivity contribution >= 4 is 0 Å². The van der Waals surface area contributed by atoms with Gasteiger partial charge in [0.15, 0.2) is 0 Å². The molecule has 0 aromatic carbocycles. The molecule has 90 valence electrons. The summed E-state index contributed by atoms with van der Waals surface area (Å²) in [6, 6.07) is 0.463. The van der Waals surface area contributed by atoms with Gasteiger partial charge < -0.3 is 4.74 Å². The van der Waals surface area contributed by atoms with Crippen LogP contribution in [-0.4, -0.2) is 22.3 Å². The van der Waals surface area contributed by atoms with Crippen LogP contribution in [0.25, 0.3) is 0 Å². The van der Waals surface area contributed by atoms with Crippen molar-refractivity contribution in [2.75, 3.05) is 13.2 Å². The summed E-state index contributed by atoms with van der Waals surface area (Å²) in [6.45, 7) is 6.28. The van der Waals surface area contributed by atoms with Gasteiger partial charge in [-0.25, -0.2) is 4.79 Å². The third kappa shape index (κ3) is 2.76. The van der Waals surface area contributed by atoms with Crippen molar-refractivity contribution in [3.8, 4) is 0 Å². The van der Waals surface area contributed by atoms with Crippen LogP contribution in [0.2, 0.25) is 0 Å². The molecule has 0 aliphatic heterocycles. The fourth-order valence-corrected chi connectivity index (χ4v) is 1.71. The molecule has 0 amide bonds. The van der Waals surface area contributed by atoms with Gasteiger partial charge in [-0.3, -0.25) is 9.13 Å². The molecule has 16 heavy (non-hydrogen) atoms. The van der Waals surface area contributed by atoms with Crippen molar-refractivity contribution in [3.63, 3.8) is 0 Å². The molecule has 0 N–H and O–H groups in total. The van der Waals surface area contributed by atoms with E-state index < -0.39 is 0 Å². The summed E-state index contributed by atoms with van der Waals surface area (Å²) in [6.07, 6.45) is 6.05. The molecule has 1 saturated carbocycles. The zero-order valence-corrected chi connectivity index (χ0v) is 10.1. The summed E-state index contributed by atoms with van der Waals surface area (Å²) in [4.78, 5) is 11.8. The molecule has 4 nitrogen and oxygen atoms in total. The summed E-state index contributed by atoms with van der Waals surface area (Å²) in [5, 5.41) is 0. The summed E-state index contributed by atoms with van der Waals surface area (Å²) < 4.78 is 9.04. The largest absolute Gasteiger partial charge is 0.379 e. The van der Waals surface area contributed by atoms with Gasteiger partial charge in [0, 0.05) is 25.0 Å². The molecule has 0 atom stereocenters. The van der Waals surface area contributed by atoms with Crippen molar-refractivity contribution in [2.24, 2.45) is 5.92 Å². The molecule has 0 radical (unpaired) electrons. The second-order valence-corrected chi connectivity index (χ2v) is 4.88. The molecule has 1 fully saturated rings. The van der Waals surface area contributed by atoms with Gasteiger partial charge in [-0.2, -0.15) is 0 Å². The monoisotopic (exact) mass is 224 g/mol. The first-order valence-electron chi connectivity index (χ1n) is 6.03. The summed E-state index contributed by atoms with van der Waals surface area (Å²) in [5.41, 5.74) is 0.107. The Kier molecular flexibility index (Phi) is 3.49. The molecule has 1 aliphatic rings. The number of aromatic nitrogens is 2. The second-order valence-electron chi connectivity index (χ2n) is 4.88. The van der Waals surface area contributed by atoms with E-state index in [9.17, 15) is 4.79 Å². The molecule has 0 unspecified atom stereocenters. The third-order valence-electron chi connectivity index (χ3n) is 2.74. The van der Waals surface area contributed by atoms with Crippen molar-refractivity contribution in [3.05, 3.63) is 22.9 Å². The predicted octanol–water partition coefficient (Wildman–Crippen LogP) is 1.66. The highest BCUT2D eigenvalue weighted by Gasteiger charge is 2.25. The van der Waals surface area contributed by atoms with E-state index >= 15 is 0 Å². The van der Waals surface area contributed by atoms with Crippen molar-refractivity contribution < 1.29 is 4.74 Å². The Morgan fingerprint density at radius 3 is 2.81 bits per heavy atom. The van der Waals surface area contributed by atoms with Gasteiger partial charge in [0.25, 0.3) is 0 Å². The van der Waals surface area contributed by atoms with Crippen molar-refractivity contribution in [2.45, 2.75) is 39.3 Å². The molecule has 1 heterocycles. The first kappa shape index (κ1) is 11.5. The van der Waals surface area contributed by atoms with E-state index in [1.807, 2.05) is 17.0 Å². The zero-order valence-electron chi connectivity index (χ0n) is 10.1. The molecular weight excluding hydrogens is 204 g/mol. The van der Waals surface area contributed by atoms with Gasteiger partial charge in [-0.05, 0) is 18.8 Å². The lowest BCUT2D eigenvalue weighted by molar-refractivity contribution is 0.102. The maximum Gasteiger partial charge on any atom is 0.328 e. The molecule has 1 aromatic rings. The van der Waals surface area contributed by atoms with Gasteiger partial charge in [0.05, 0.1) is 13.2 Å². The van der Waals surface area contributed by atoms with Gasteiger partial charge >= 0.3 is 5.69 Å². The SMILES string of the molecule is CC(C)COCCn1ccn(C2CC2)c1=O. The Labute approximate surface area is 95.8 Å². The lowest BCUT2D eigenvalue weighted by atomic mass is 10.2. The van der Waals surface area contributed by atoms with Gasteiger partial charge in [-0.1, -0.05) is 13.8 Å². The first-order chi connectivity index (χ1) is 7.68. The predicted molar refractivity (Wildman–Crippen MR) is 62.6 cm³/mol. The lowest BCUT2D eigenvalue weighted by Gasteiger charge is -2.06. The Morgan fingerprint density at radius 2 is 2.19 bits per heavy atom. The van der Waals surface area contributed by atoms with Gasteiger partial charge in [0.2, 0.25) is 0 Å². The van der Waals surface area contributed by atoms with Crippen LogP contribution < -0.4 is 5.69 Å². The standard InChI is InChI=1S/C12H20N2O2/c1-10(2)9-16-8-7-13-5-6-14(12(13)15)11-3-4-11/h5-6,10-11H,3-4,7-9H2,1-2H3. The molecule has 1 aliphatic carbocycles. The average Bonchev–Trinajstić information content (AvgIpc) is 3.00. The van der Waals surface area contributed by atoms with Crippen LogP contribution in [-0.2, 0) is 11.3 Å². The fraction of sp³-hybridized carbons (Fsp3) is 0.750. The fourth-order valence-electron chi connectivity index (χ4n) is 1.71. The maximum absolute atomic E-state index is 11.8. The van der Waals surface area contributed by atoms with Crippen LogP contribution in [0.1, 0.15) is 32.7 Å². The minimum absolute atomic E-state index is 0.107. The minimum atomic E-state index is 0.107. The molecule has 1 aromatic heterocycles. The number of hydrogen-bond donors (Lipinski definition) is 0. The van der Waals surface area contributed by atoms with Crippen LogP contribution >= 0.6 is 0 Å². The number of rotatable bonds is 6. The van der Waals surface area contributed by atoms with E-state index in [-0.39, 0.29) is 5.69 Å². The van der Waals surface area contributed by atoms with E-state index in [0.29, 0.717) is 25.1 Å². The molecule has 0 spiro atoms. The Hall–Kier alpha value is -1.03. The second kappa shape index (κ2) is 4.87. The highest BCUT2D eigenvalue weighted by molar-refractivity contribution is 4.91. The van der Waals surface area contributed by atoms with E-state index in [1.165, 1.54) is 0 Å². The Morgan fingerprint density at radius 1 is 1.44 bits per heavy atom. The van der Waals surface area contributed by atoms with E-state index in [0.717, 1.165) is 19.4 Å².